The van der Waals surface area contributed by atoms with Gasteiger partial charge >= 0.3 is 0 Å². The number of thioether (sulfide) groups is 1. The summed E-state index contributed by atoms with van der Waals surface area (Å²) in [4.78, 5) is 2.79. The molecule has 0 radical (unpaired) electrons. The zero-order valence-electron chi connectivity index (χ0n) is 14.4. The van der Waals surface area contributed by atoms with Crippen LogP contribution < -0.4 is 0 Å². The molecule has 0 aliphatic carbocycles. The van der Waals surface area contributed by atoms with Crippen LogP contribution in [0.2, 0.25) is 0 Å². The first-order valence-corrected chi connectivity index (χ1v) is 10.7. The first-order valence-electron chi connectivity index (χ1n) is 8.77. The van der Waals surface area contributed by atoms with E-state index in [-0.39, 0.29) is 0 Å². The first-order chi connectivity index (χ1) is 12.8. The Morgan fingerprint density at radius 2 is 1.46 bits per heavy atom. The summed E-state index contributed by atoms with van der Waals surface area (Å²) in [5.41, 5.74) is 4.95. The number of hydrogen-bond donors (Lipinski definition) is 0. The van der Waals surface area contributed by atoms with E-state index in [1.54, 1.807) is 0 Å². The van der Waals surface area contributed by atoms with E-state index in [2.05, 4.69) is 66.7 Å². The molecule has 1 nitrogen and oxygen atoms in total. The van der Waals surface area contributed by atoms with E-state index in [1.165, 1.54) is 26.5 Å². The van der Waals surface area contributed by atoms with Crippen molar-refractivity contribution < 1.29 is 0 Å². The second-order valence-electron chi connectivity index (χ2n) is 6.38. The molecule has 4 rings (SSSR count). The maximum absolute atomic E-state index is 8.89. The second kappa shape index (κ2) is 8.03. The number of nitriles is 1. The number of hydrogen-bond acceptors (Lipinski definition) is 3. The minimum atomic E-state index is 0.483. The predicted octanol–water partition coefficient (Wildman–Crippen LogP) is 6.48. The van der Waals surface area contributed by atoms with Crippen LogP contribution in [-0.4, -0.2) is 5.75 Å². The number of fused-ring (bicyclic) bond motifs is 2. The molecule has 0 amide bonds. The van der Waals surface area contributed by atoms with E-state index in [0.29, 0.717) is 5.92 Å². The van der Waals surface area contributed by atoms with Crippen molar-refractivity contribution in [3.8, 4) is 6.07 Å². The summed E-state index contributed by atoms with van der Waals surface area (Å²) in [7, 11) is 0. The van der Waals surface area contributed by atoms with E-state index in [4.69, 9.17) is 5.26 Å². The lowest BCUT2D eigenvalue weighted by Crippen LogP contribution is -2.09. The maximum atomic E-state index is 8.89. The molecule has 0 bridgehead atoms. The SMILES string of the molecule is N#Cc1ccc(CSCCC2c3ccccc3Sc3ccccc32)cc1. The second-order valence-corrected chi connectivity index (χ2v) is 8.57. The largest absolute Gasteiger partial charge is 0.192 e. The number of nitrogens with zero attached hydrogens (tertiary/aromatic N) is 1. The van der Waals surface area contributed by atoms with E-state index >= 15 is 0 Å². The standard InChI is InChI=1S/C23H19NS2/c24-15-17-9-11-18(12-10-17)16-25-14-13-19-20-5-1-3-7-22(20)26-23-8-4-2-6-21(19)23/h1-12,19H,13-14,16H2. The van der Waals surface area contributed by atoms with Gasteiger partial charge in [0, 0.05) is 21.5 Å². The Morgan fingerprint density at radius 3 is 2.08 bits per heavy atom. The molecular formula is C23H19NS2. The van der Waals surface area contributed by atoms with Crippen molar-refractivity contribution in [2.45, 2.75) is 27.9 Å². The highest BCUT2D eigenvalue weighted by Gasteiger charge is 2.25. The van der Waals surface area contributed by atoms with Gasteiger partial charge in [-0.25, -0.2) is 0 Å². The molecule has 0 saturated heterocycles. The summed E-state index contributed by atoms with van der Waals surface area (Å²) in [5.74, 6) is 2.60. The van der Waals surface area contributed by atoms with Gasteiger partial charge in [-0.1, -0.05) is 60.3 Å². The van der Waals surface area contributed by atoms with Gasteiger partial charge in [-0.2, -0.15) is 17.0 Å². The van der Waals surface area contributed by atoms with Gasteiger partial charge in [0.15, 0.2) is 0 Å². The topological polar surface area (TPSA) is 23.8 Å². The highest BCUT2D eigenvalue weighted by atomic mass is 32.2. The molecule has 1 heterocycles. The van der Waals surface area contributed by atoms with Crippen molar-refractivity contribution in [1.82, 2.24) is 0 Å². The van der Waals surface area contributed by atoms with Crippen LogP contribution >= 0.6 is 23.5 Å². The van der Waals surface area contributed by atoms with Gasteiger partial charge in [0.1, 0.15) is 0 Å². The molecule has 1 aliphatic heterocycles. The average Bonchev–Trinajstić information content (AvgIpc) is 2.71. The van der Waals surface area contributed by atoms with Crippen molar-refractivity contribution in [1.29, 1.82) is 5.26 Å². The molecule has 0 atom stereocenters. The Kier molecular flexibility index (Phi) is 5.34. The van der Waals surface area contributed by atoms with Gasteiger partial charge in [-0.15, -0.1) is 0 Å². The third-order valence-corrected chi connectivity index (χ3v) is 6.96. The highest BCUT2D eigenvalue weighted by Crippen LogP contribution is 2.47. The lowest BCUT2D eigenvalue weighted by atomic mass is 9.88. The fraction of sp³-hybridized carbons (Fsp3) is 0.174. The maximum Gasteiger partial charge on any atom is 0.0991 e. The third kappa shape index (κ3) is 3.67. The van der Waals surface area contributed by atoms with Crippen LogP contribution in [0.3, 0.4) is 0 Å². The molecule has 0 spiro atoms. The summed E-state index contributed by atoms with van der Waals surface area (Å²) in [6, 6.07) is 27.7. The van der Waals surface area contributed by atoms with Crippen LogP contribution in [0.1, 0.15) is 34.6 Å². The Labute approximate surface area is 163 Å². The van der Waals surface area contributed by atoms with Crippen molar-refractivity contribution in [3.05, 3.63) is 95.1 Å². The Bertz CT molecular complexity index is 895. The van der Waals surface area contributed by atoms with Gasteiger partial charge in [-0.05, 0) is 53.1 Å². The summed E-state index contributed by atoms with van der Waals surface area (Å²) < 4.78 is 0. The molecular weight excluding hydrogens is 354 g/mol. The van der Waals surface area contributed by atoms with Crippen LogP contribution in [0.5, 0.6) is 0 Å². The quantitative estimate of drug-likeness (QED) is 0.478. The van der Waals surface area contributed by atoms with Crippen LogP contribution in [0, 0.1) is 11.3 Å². The van der Waals surface area contributed by atoms with Crippen LogP contribution in [0.15, 0.2) is 82.6 Å². The summed E-state index contributed by atoms with van der Waals surface area (Å²) >= 11 is 3.87. The summed E-state index contributed by atoms with van der Waals surface area (Å²) in [5, 5.41) is 8.89. The molecule has 3 aromatic rings. The van der Waals surface area contributed by atoms with E-state index in [1.807, 2.05) is 35.7 Å². The van der Waals surface area contributed by atoms with E-state index in [9.17, 15) is 0 Å². The molecule has 128 valence electrons. The smallest absolute Gasteiger partial charge is 0.0991 e. The monoisotopic (exact) mass is 373 g/mol. The fourth-order valence-electron chi connectivity index (χ4n) is 3.39. The van der Waals surface area contributed by atoms with Gasteiger partial charge < -0.3 is 0 Å². The molecule has 26 heavy (non-hydrogen) atoms. The van der Waals surface area contributed by atoms with Gasteiger partial charge in [-0.3, -0.25) is 0 Å². The lowest BCUT2D eigenvalue weighted by Gasteiger charge is -2.27. The molecule has 0 fully saturated rings. The Balaban J connectivity index is 1.44. The summed E-state index contributed by atoms with van der Waals surface area (Å²) in [6.45, 7) is 0. The molecule has 1 aliphatic rings. The normalized spacial score (nSPS) is 12.9. The predicted molar refractivity (Wildman–Crippen MR) is 111 cm³/mol. The van der Waals surface area contributed by atoms with E-state index < -0.39 is 0 Å². The molecule has 0 aromatic heterocycles. The van der Waals surface area contributed by atoms with Gasteiger partial charge in [0.25, 0.3) is 0 Å². The minimum absolute atomic E-state index is 0.483. The van der Waals surface area contributed by atoms with Crippen molar-refractivity contribution in [2.24, 2.45) is 0 Å². The zero-order chi connectivity index (χ0) is 17.8. The van der Waals surface area contributed by atoms with Gasteiger partial charge in [0.05, 0.1) is 11.6 Å². The van der Waals surface area contributed by atoms with Crippen LogP contribution in [-0.2, 0) is 5.75 Å². The number of benzene rings is 3. The molecule has 3 heteroatoms. The molecule has 3 aromatic carbocycles. The Hall–Kier alpha value is -2.15. The molecule has 0 saturated carbocycles. The molecule has 0 N–H and O–H groups in total. The zero-order valence-corrected chi connectivity index (χ0v) is 16.0. The van der Waals surface area contributed by atoms with Crippen molar-refractivity contribution in [2.75, 3.05) is 5.75 Å². The third-order valence-electron chi connectivity index (χ3n) is 4.71. The lowest BCUT2D eigenvalue weighted by molar-refractivity contribution is 0.746. The fourth-order valence-corrected chi connectivity index (χ4v) is 5.55. The minimum Gasteiger partial charge on any atom is -0.192 e. The highest BCUT2D eigenvalue weighted by molar-refractivity contribution is 7.99. The Morgan fingerprint density at radius 1 is 0.846 bits per heavy atom. The van der Waals surface area contributed by atoms with Crippen molar-refractivity contribution >= 4 is 23.5 Å². The van der Waals surface area contributed by atoms with Gasteiger partial charge in [0.2, 0.25) is 0 Å². The first kappa shape index (κ1) is 17.3. The van der Waals surface area contributed by atoms with Crippen LogP contribution in [0.4, 0.5) is 0 Å². The average molecular weight is 374 g/mol. The van der Waals surface area contributed by atoms with E-state index in [0.717, 1.165) is 23.5 Å². The number of rotatable bonds is 5. The summed E-state index contributed by atoms with van der Waals surface area (Å²) in [6.07, 6.45) is 1.15. The van der Waals surface area contributed by atoms with Crippen LogP contribution in [0.25, 0.3) is 0 Å². The molecule has 0 unspecified atom stereocenters. The van der Waals surface area contributed by atoms with Crippen molar-refractivity contribution in [3.63, 3.8) is 0 Å².